The highest BCUT2D eigenvalue weighted by Gasteiger charge is 2.27. The monoisotopic (exact) mass is 292 g/mol. The molecule has 2 fully saturated rings. The molecule has 0 radical (unpaired) electrons. The van der Waals surface area contributed by atoms with Gasteiger partial charge in [-0.1, -0.05) is 0 Å². The van der Waals surface area contributed by atoms with Gasteiger partial charge >= 0.3 is 0 Å². The smallest absolute Gasteiger partial charge is 0.297 e. The molecule has 1 saturated heterocycles. The van der Waals surface area contributed by atoms with Gasteiger partial charge in [-0.3, -0.25) is 4.90 Å². The van der Waals surface area contributed by atoms with Crippen molar-refractivity contribution in [3.05, 3.63) is 12.0 Å². The Bertz CT molecular complexity index is 453. The van der Waals surface area contributed by atoms with Crippen molar-refractivity contribution in [2.24, 2.45) is 5.92 Å². The highest BCUT2D eigenvalue weighted by Crippen LogP contribution is 2.30. The second-order valence-corrected chi connectivity index (χ2v) is 7.46. The molecule has 0 aromatic carbocycles. The molecule has 1 aromatic heterocycles. The van der Waals surface area contributed by atoms with Gasteiger partial charge in [0.2, 0.25) is 0 Å². The van der Waals surface area contributed by atoms with Crippen LogP contribution in [0.15, 0.2) is 10.7 Å². The number of anilines is 1. The predicted molar refractivity (Wildman–Crippen MR) is 84.5 cm³/mol. The van der Waals surface area contributed by atoms with Crippen molar-refractivity contribution < 1.29 is 4.42 Å². The van der Waals surface area contributed by atoms with Crippen molar-refractivity contribution in [2.75, 3.05) is 37.6 Å². The van der Waals surface area contributed by atoms with Gasteiger partial charge in [0.05, 0.1) is 5.69 Å². The quantitative estimate of drug-likeness (QED) is 0.900. The molecule has 0 spiro atoms. The van der Waals surface area contributed by atoms with Crippen LogP contribution in [0.1, 0.15) is 39.3 Å². The van der Waals surface area contributed by atoms with Crippen LogP contribution in [-0.2, 0) is 6.54 Å². The van der Waals surface area contributed by atoms with Crippen LogP contribution < -0.4 is 10.2 Å². The van der Waals surface area contributed by atoms with E-state index in [0.29, 0.717) is 0 Å². The zero-order valence-electron chi connectivity index (χ0n) is 13.6. The lowest BCUT2D eigenvalue weighted by Crippen LogP contribution is -2.47. The van der Waals surface area contributed by atoms with Crippen molar-refractivity contribution in [1.29, 1.82) is 0 Å². The van der Waals surface area contributed by atoms with Crippen molar-refractivity contribution in [3.8, 4) is 0 Å². The van der Waals surface area contributed by atoms with E-state index >= 15 is 0 Å². The summed E-state index contributed by atoms with van der Waals surface area (Å²) in [5.41, 5.74) is 1.09. The Morgan fingerprint density at radius 2 is 1.95 bits per heavy atom. The average Bonchev–Trinajstić information content (AvgIpc) is 3.12. The second-order valence-electron chi connectivity index (χ2n) is 7.46. The van der Waals surface area contributed by atoms with Crippen LogP contribution in [0.4, 0.5) is 6.01 Å². The molecule has 0 amide bonds. The van der Waals surface area contributed by atoms with Crippen molar-refractivity contribution in [2.45, 2.75) is 45.7 Å². The van der Waals surface area contributed by atoms with Gasteiger partial charge in [-0.15, -0.1) is 0 Å². The number of oxazole rings is 1. The topological polar surface area (TPSA) is 44.5 Å². The van der Waals surface area contributed by atoms with Gasteiger partial charge in [0, 0.05) is 44.8 Å². The van der Waals surface area contributed by atoms with E-state index in [9.17, 15) is 0 Å². The molecule has 1 aliphatic carbocycles. The minimum Gasteiger partial charge on any atom is -0.432 e. The first kappa shape index (κ1) is 14.9. The lowest BCUT2D eigenvalue weighted by atomic mass is 10.1. The molecule has 0 unspecified atom stereocenters. The third kappa shape index (κ3) is 4.45. The van der Waals surface area contributed by atoms with E-state index in [-0.39, 0.29) is 5.54 Å². The Balaban J connectivity index is 1.47. The molecule has 2 aliphatic rings. The molecule has 1 aliphatic heterocycles. The molecule has 1 aromatic rings. The number of piperazine rings is 1. The minimum absolute atomic E-state index is 0.105. The van der Waals surface area contributed by atoms with Crippen molar-refractivity contribution in [1.82, 2.24) is 15.2 Å². The summed E-state index contributed by atoms with van der Waals surface area (Å²) in [6.07, 6.45) is 4.65. The number of hydrogen-bond donors (Lipinski definition) is 1. The van der Waals surface area contributed by atoms with Crippen molar-refractivity contribution in [3.63, 3.8) is 0 Å². The van der Waals surface area contributed by atoms with Gasteiger partial charge in [0.15, 0.2) is 0 Å². The van der Waals surface area contributed by atoms with Crippen LogP contribution in [0.2, 0.25) is 0 Å². The maximum atomic E-state index is 5.65. The average molecular weight is 292 g/mol. The van der Waals surface area contributed by atoms with Crippen LogP contribution in [-0.4, -0.2) is 48.1 Å². The fraction of sp³-hybridized carbons (Fsp3) is 0.812. The molecule has 2 heterocycles. The number of nitrogens with zero attached hydrogens (tertiary/aromatic N) is 3. The Hall–Kier alpha value is -1.07. The predicted octanol–water partition coefficient (Wildman–Crippen LogP) is 2.09. The van der Waals surface area contributed by atoms with Crippen LogP contribution in [0.5, 0.6) is 0 Å². The van der Waals surface area contributed by atoms with E-state index in [0.717, 1.165) is 50.4 Å². The van der Waals surface area contributed by atoms with E-state index in [1.807, 2.05) is 0 Å². The van der Waals surface area contributed by atoms with E-state index in [1.54, 1.807) is 6.26 Å². The molecule has 0 bridgehead atoms. The zero-order chi connectivity index (χ0) is 14.9. The summed E-state index contributed by atoms with van der Waals surface area (Å²) in [4.78, 5) is 9.46. The van der Waals surface area contributed by atoms with Crippen molar-refractivity contribution >= 4 is 6.01 Å². The number of rotatable bonds is 5. The fourth-order valence-corrected chi connectivity index (χ4v) is 2.67. The van der Waals surface area contributed by atoms with E-state index in [1.165, 1.54) is 19.4 Å². The second kappa shape index (κ2) is 5.97. The summed E-state index contributed by atoms with van der Waals surface area (Å²) in [5.74, 6) is 0.980. The first-order valence-electron chi connectivity index (χ1n) is 8.16. The maximum Gasteiger partial charge on any atom is 0.297 e. The van der Waals surface area contributed by atoms with E-state index in [4.69, 9.17) is 4.42 Å². The third-order valence-electron chi connectivity index (χ3n) is 4.20. The van der Waals surface area contributed by atoms with Crippen LogP contribution >= 0.6 is 0 Å². The van der Waals surface area contributed by atoms with E-state index in [2.05, 4.69) is 40.9 Å². The minimum atomic E-state index is 0.105. The summed E-state index contributed by atoms with van der Waals surface area (Å²) in [7, 11) is 0. The SMILES string of the molecule is CC(C)(C)NCc1coc(N2CCN(CC3CC3)CC2)n1. The standard InChI is InChI=1S/C16H28N4O/c1-16(2,3)17-10-14-12-21-15(18-14)20-8-6-19(7-9-20)11-13-4-5-13/h12-13,17H,4-11H2,1-3H3. The van der Waals surface area contributed by atoms with E-state index < -0.39 is 0 Å². The van der Waals surface area contributed by atoms with Gasteiger partial charge in [-0.05, 0) is 39.5 Å². The third-order valence-corrected chi connectivity index (χ3v) is 4.20. The molecular formula is C16H28N4O. The summed E-state index contributed by atoms with van der Waals surface area (Å²) in [6.45, 7) is 12.9. The largest absolute Gasteiger partial charge is 0.432 e. The lowest BCUT2D eigenvalue weighted by Gasteiger charge is -2.33. The Morgan fingerprint density at radius 1 is 1.24 bits per heavy atom. The zero-order valence-corrected chi connectivity index (χ0v) is 13.6. The molecule has 21 heavy (non-hydrogen) atoms. The van der Waals surface area contributed by atoms with Gasteiger partial charge in [-0.25, -0.2) is 0 Å². The van der Waals surface area contributed by atoms with Crippen LogP contribution in [0, 0.1) is 5.92 Å². The highest BCUT2D eigenvalue weighted by atomic mass is 16.4. The Labute approximate surface area is 127 Å². The Morgan fingerprint density at radius 3 is 2.57 bits per heavy atom. The highest BCUT2D eigenvalue weighted by molar-refractivity contribution is 5.28. The van der Waals surface area contributed by atoms with Gasteiger partial charge in [0.25, 0.3) is 6.01 Å². The molecule has 1 N–H and O–H groups in total. The molecule has 5 nitrogen and oxygen atoms in total. The summed E-state index contributed by atoms with van der Waals surface area (Å²) < 4.78 is 5.65. The molecule has 118 valence electrons. The first-order valence-corrected chi connectivity index (χ1v) is 8.16. The first-order chi connectivity index (χ1) is 9.99. The summed E-state index contributed by atoms with van der Waals surface area (Å²) in [5, 5.41) is 3.44. The fourth-order valence-electron chi connectivity index (χ4n) is 2.67. The van der Waals surface area contributed by atoms with Gasteiger partial charge in [0.1, 0.15) is 6.26 Å². The molecule has 0 atom stereocenters. The normalized spacial score (nSPS) is 21.0. The maximum absolute atomic E-state index is 5.65. The lowest BCUT2D eigenvalue weighted by molar-refractivity contribution is 0.243. The van der Waals surface area contributed by atoms with Crippen LogP contribution in [0.25, 0.3) is 0 Å². The molecule has 5 heteroatoms. The van der Waals surface area contributed by atoms with Gasteiger partial charge < -0.3 is 14.6 Å². The number of hydrogen-bond acceptors (Lipinski definition) is 5. The molecule has 1 saturated carbocycles. The number of nitrogens with one attached hydrogen (secondary N) is 1. The van der Waals surface area contributed by atoms with Crippen LogP contribution in [0.3, 0.4) is 0 Å². The summed E-state index contributed by atoms with van der Waals surface area (Å²) >= 11 is 0. The summed E-state index contributed by atoms with van der Waals surface area (Å²) in [6, 6.07) is 0.784. The Kier molecular flexibility index (Phi) is 4.22. The van der Waals surface area contributed by atoms with Gasteiger partial charge in [-0.2, -0.15) is 4.98 Å². The number of aromatic nitrogens is 1. The molecule has 3 rings (SSSR count). The molecular weight excluding hydrogens is 264 g/mol.